The third-order valence-electron chi connectivity index (χ3n) is 6.06. The minimum absolute atomic E-state index is 0.0233. The van der Waals surface area contributed by atoms with Gasteiger partial charge in [-0.2, -0.15) is 0 Å². The summed E-state index contributed by atoms with van der Waals surface area (Å²) < 4.78 is 5.38. The second-order valence-corrected chi connectivity index (χ2v) is 8.23. The molecule has 0 radical (unpaired) electrons. The molecule has 2 aliphatic heterocycles. The van der Waals surface area contributed by atoms with Gasteiger partial charge in [0.15, 0.2) is 0 Å². The average molecular weight is 425 g/mol. The number of morpholine rings is 1. The van der Waals surface area contributed by atoms with Crippen molar-refractivity contribution < 1.29 is 14.5 Å². The number of anilines is 3. The van der Waals surface area contributed by atoms with E-state index in [1.807, 2.05) is 29.2 Å². The van der Waals surface area contributed by atoms with Crippen LogP contribution in [0.25, 0.3) is 0 Å². The number of rotatable bonds is 5. The van der Waals surface area contributed by atoms with E-state index in [4.69, 9.17) is 4.74 Å². The Morgan fingerprint density at radius 1 is 1.03 bits per heavy atom. The van der Waals surface area contributed by atoms with Crippen molar-refractivity contribution in [3.8, 4) is 0 Å². The Hall–Kier alpha value is -3.13. The Morgan fingerprint density at radius 3 is 2.35 bits per heavy atom. The van der Waals surface area contributed by atoms with E-state index >= 15 is 0 Å². The van der Waals surface area contributed by atoms with Crippen LogP contribution in [0.2, 0.25) is 0 Å². The lowest BCUT2D eigenvalue weighted by Crippen LogP contribution is -2.36. The summed E-state index contributed by atoms with van der Waals surface area (Å²) in [6.45, 7) is 6.90. The van der Waals surface area contributed by atoms with Crippen LogP contribution in [0.3, 0.4) is 0 Å². The third kappa shape index (κ3) is 4.96. The largest absolute Gasteiger partial charge is 0.378 e. The molecule has 1 amide bonds. The molecule has 2 saturated heterocycles. The molecule has 0 atom stereocenters. The second-order valence-electron chi connectivity index (χ2n) is 8.23. The highest BCUT2D eigenvalue weighted by atomic mass is 16.6. The molecule has 31 heavy (non-hydrogen) atoms. The van der Waals surface area contributed by atoms with E-state index in [9.17, 15) is 14.9 Å². The van der Waals surface area contributed by atoms with Crippen molar-refractivity contribution >= 4 is 28.7 Å². The monoisotopic (exact) mass is 424 g/mol. The highest BCUT2D eigenvalue weighted by molar-refractivity contribution is 6.05. The van der Waals surface area contributed by atoms with Crippen LogP contribution in [-0.4, -0.2) is 50.2 Å². The van der Waals surface area contributed by atoms with Crippen molar-refractivity contribution in [1.82, 2.24) is 0 Å². The van der Waals surface area contributed by atoms with Gasteiger partial charge in [0, 0.05) is 49.2 Å². The van der Waals surface area contributed by atoms with Gasteiger partial charge in [0.2, 0.25) is 0 Å². The fraction of sp³-hybridized carbons (Fsp3) is 0.435. The fourth-order valence-electron chi connectivity index (χ4n) is 4.11. The molecule has 8 heteroatoms. The molecule has 4 rings (SSSR count). The summed E-state index contributed by atoms with van der Waals surface area (Å²) in [4.78, 5) is 28.3. The maximum absolute atomic E-state index is 12.7. The van der Waals surface area contributed by atoms with Gasteiger partial charge < -0.3 is 19.9 Å². The fourth-order valence-corrected chi connectivity index (χ4v) is 4.11. The predicted molar refractivity (Wildman–Crippen MR) is 121 cm³/mol. The van der Waals surface area contributed by atoms with E-state index < -0.39 is 4.92 Å². The molecule has 2 heterocycles. The van der Waals surface area contributed by atoms with E-state index in [2.05, 4.69) is 17.1 Å². The lowest BCUT2D eigenvalue weighted by Gasteiger charge is -2.31. The van der Waals surface area contributed by atoms with Crippen LogP contribution in [0.1, 0.15) is 30.1 Å². The molecular weight excluding hydrogens is 396 g/mol. The Bertz CT molecular complexity index is 933. The molecule has 0 aromatic heterocycles. The van der Waals surface area contributed by atoms with Gasteiger partial charge in [0.1, 0.15) is 5.69 Å². The first kappa shape index (κ1) is 21.1. The molecule has 0 unspecified atom stereocenters. The van der Waals surface area contributed by atoms with Gasteiger partial charge in [-0.15, -0.1) is 0 Å². The first-order valence-corrected chi connectivity index (χ1v) is 10.8. The molecule has 0 bridgehead atoms. The normalized spacial score (nSPS) is 17.5. The maximum Gasteiger partial charge on any atom is 0.293 e. The van der Waals surface area contributed by atoms with Crippen LogP contribution in [0.4, 0.5) is 22.7 Å². The van der Waals surface area contributed by atoms with E-state index in [0.717, 1.165) is 44.7 Å². The number of amides is 1. The number of nitrogens with zero attached hydrogens (tertiary/aromatic N) is 3. The number of piperidine rings is 1. The van der Waals surface area contributed by atoms with Crippen molar-refractivity contribution in [2.75, 3.05) is 54.5 Å². The zero-order valence-electron chi connectivity index (χ0n) is 17.8. The highest BCUT2D eigenvalue weighted by Gasteiger charge is 2.25. The van der Waals surface area contributed by atoms with E-state index in [1.165, 1.54) is 6.07 Å². The number of carbonyl (C=O) groups excluding carboxylic acids is 1. The number of benzene rings is 2. The molecule has 0 saturated carbocycles. The van der Waals surface area contributed by atoms with Crippen molar-refractivity contribution in [3.05, 3.63) is 58.1 Å². The Balaban J connectivity index is 1.46. The number of nitrogens with one attached hydrogen (secondary N) is 1. The smallest absolute Gasteiger partial charge is 0.293 e. The van der Waals surface area contributed by atoms with Crippen LogP contribution in [0, 0.1) is 16.0 Å². The van der Waals surface area contributed by atoms with Crippen molar-refractivity contribution in [1.29, 1.82) is 0 Å². The third-order valence-corrected chi connectivity index (χ3v) is 6.06. The summed E-state index contributed by atoms with van der Waals surface area (Å²) in [5, 5.41) is 14.5. The summed E-state index contributed by atoms with van der Waals surface area (Å²) >= 11 is 0. The number of carbonyl (C=O) groups is 1. The van der Waals surface area contributed by atoms with E-state index in [0.29, 0.717) is 30.5 Å². The van der Waals surface area contributed by atoms with Gasteiger partial charge in [-0.1, -0.05) is 6.92 Å². The molecule has 2 aromatic rings. The van der Waals surface area contributed by atoms with Crippen LogP contribution in [0.15, 0.2) is 42.5 Å². The van der Waals surface area contributed by atoms with Crippen LogP contribution in [0.5, 0.6) is 0 Å². The van der Waals surface area contributed by atoms with Crippen LogP contribution >= 0.6 is 0 Å². The Kier molecular flexibility index (Phi) is 6.36. The maximum atomic E-state index is 12.7. The quantitative estimate of drug-likeness (QED) is 0.578. The number of hydrogen-bond donors (Lipinski definition) is 1. The van der Waals surface area contributed by atoms with Gasteiger partial charge >= 0.3 is 0 Å². The van der Waals surface area contributed by atoms with E-state index in [-0.39, 0.29) is 17.2 Å². The van der Waals surface area contributed by atoms with Crippen molar-refractivity contribution in [2.45, 2.75) is 19.8 Å². The predicted octanol–water partition coefficient (Wildman–Crippen LogP) is 3.92. The standard InChI is InChI=1S/C23H28N4O4/c1-17-8-10-26(11-9-17)21-7-2-18(16-22(21)27(29)30)23(28)24-19-3-5-20(6-4-19)25-12-14-31-15-13-25/h2-7,16-17H,8-15H2,1H3,(H,24,28). The zero-order valence-corrected chi connectivity index (χ0v) is 17.8. The number of nitro groups is 1. The molecule has 0 spiro atoms. The summed E-state index contributed by atoms with van der Waals surface area (Å²) in [6, 6.07) is 12.4. The van der Waals surface area contributed by atoms with Gasteiger partial charge in [-0.3, -0.25) is 14.9 Å². The zero-order chi connectivity index (χ0) is 21.8. The SMILES string of the molecule is CC1CCN(c2ccc(C(=O)Nc3ccc(N4CCOCC4)cc3)cc2[N+](=O)[O-])CC1. The lowest BCUT2D eigenvalue weighted by atomic mass is 9.98. The van der Waals surface area contributed by atoms with Crippen LogP contribution < -0.4 is 15.1 Å². The summed E-state index contributed by atoms with van der Waals surface area (Å²) in [7, 11) is 0. The van der Waals surface area contributed by atoms with Crippen LogP contribution in [-0.2, 0) is 4.74 Å². The molecular formula is C23H28N4O4. The van der Waals surface area contributed by atoms with Gasteiger partial charge in [0.05, 0.1) is 18.1 Å². The number of hydrogen-bond acceptors (Lipinski definition) is 6. The molecule has 2 aliphatic rings. The molecule has 8 nitrogen and oxygen atoms in total. The summed E-state index contributed by atoms with van der Waals surface area (Å²) in [5.74, 6) is 0.274. The molecule has 2 aromatic carbocycles. The second kappa shape index (κ2) is 9.34. The average Bonchev–Trinajstić information content (AvgIpc) is 2.80. The first-order valence-electron chi connectivity index (χ1n) is 10.8. The highest BCUT2D eigenvalue weighted by Crippen LogP contribution is 2.32. The summed E-state index contributed by atoms with van der Waals surface area (Å²) in [6.07, 6.45) is 2.03. The molecule has 0 aliphatic carbocycles. The Morgan fingerprint density at radius 2 is 1.71 bits per heavy atom. The van der Waals surface area contributed by atoms with Crippen molar-refractivity contribution in [2.24, 2.45) is 5.92 Å². The van der Waals surface area contributed by atoms with Gasteiger partial charge in [-0.25, -0.2) is 0 Å². The van der Waals surface area contributed by atoms with E-state index in [1.54, 1.807) is 12.1 Å². The molecule has 1 N–H and O–H groups in total. The minimum atomic E-state index is -0.402. The van der Waals surface area contributed by atoms with Gasteiger partial charge in [-0.05, 0) is 55.2 Å². The number of ether oxygens (including phenoxy) is 1. The van der Waals surface area contributed by atoms with Gasteiger partial charge in [0.25, 0.3) is 11.6 Å². The van der Waals surface area contributed by atoms with Crippen molar-refractivity contribution in [3.63, 3.8) is 0 Å². The lowest BCUT2D eigenvalue weighted by molar-refractivity contribution is -0.384. The first-order chi connectivity index (χ1) is 15.0. The summed E-state index contributed by atoms with van der Waals surface area (Å²) in [5.41, 5.74) is 2.57. The topological polar surface area (TPSA) is 88.0 Å². The number of nitro benzene ring substituents is 1. The molecule has 164 valence electrons. The molecule has 2 fully saturated rings. The Labute approximate surface area is 181 Å². The minimum Gasteiger partial charge on any atom is -0.378 e.